The van der Waals surface area contributed by atoms with Gasteiger partial charge in [0.05, 0.1) is 0 Å². The number of halogens is 2. The van der Waals surface area contributed by atoms with E-state index in [9.17, 15) is 22.9 Å². The van der Waals surface area contributed by atoms with Crippen LogP contribution >= 0.6 is 0 Å². The van der Waals surface area contributed by atoms with Crippen molar-refractivity contribution in [2.75, 3.05) is 12.3 Å². The highest BCUT2D eigenvalue weighted by atomic mass is 32.2. The van der Waals surface area contributed by atoms with Crippen molar-refractivity contribution in [3.05, 3.63) is 35.9 Å². The number of benzene rings is 1. The van der Waals surface area contributed by atoms with E-state index in [1.54, 1.807) is 0 Å². The molecule has 1 amide bonds. The summed E-state index contributed by atoms with van der Waals surface area (Å²) >= 11 is 0. The largest absolute Gasteiger partial charge is 0.383 e. The number of carbonyl (C=O) groups excluding carboxylic acids is 1. The molecular formula is C16H21F2NO3S. The molecule has 0 radical (unpaired) electrons. The van der Waals surface area contributed by atoms with Gasteiger partial charge < -0.3 is 10.4 Å². The monoisotopic (exact) mass is 345 g/mol. The first-order chi connectivity index (χ1) is 10.8. The third-order valence-electron chi connectivity index (χ3n) is 4.09. The van der Waals surface area contributed by atoms with Crippen molar-refractivity contribution in [2.24, 2.45) is 0 Å². The van der Waals surface area contributed by atoms with Gasteiger partial charge in [-0.2, -0.15) is 8.78 Å². The molecule has 1 atom stereocenters. The van der Waals surface area contributed by atoms with Crippen molar-refractivity contribution in [1.82, 2.24) is 5.32 Å². The number of aliphatic hydroxyl groups is 1. The van der Waals surface area contributed by atoms with E-state index in [1.165, 1.54) is 0 Å². The van der Waals surface area contributed by atoms with Crippen molar-refractivity contribution < 1.29 is 22.9 Å². The fourth-order valence-corrected chi connectivity index (χ4v) is 3.75. The van der Waals surface area contributed by atoms with Gasteiger partial charge in [-0.25, -0.2) is 0 Å². The van der Waals surface area contributed by atoms with E-state index >= 15 is 0 Å². The number of hydrogen-bond donors (Lipinski definition) is 2. The highest BCUT2D eigenvalue weighted by Crippen LogP contribution is 2.41. The molecule has 1 aromatic carbocycles. The summed E-state index contributed by atoms with van der Waals surface area (Å²) in [5.41, 5.74) is -1.36. The topological polar surface area (TPSA) is 66.4 Å². The predicted octanol–water partition coefficient (Wildman–Crippen LogP) is 1.99. The first-order valence-corrected chi connectivity index (χ1v) is 9.11. The van der Waals surface area contributed by atoms with Crippen LogP contribution in [0.4, 0.5) is 8.78 Å². The van der Waals surface area contributed by atoms with Gasteiger partial charge in [-0.1, -0.05) is 43.2 Å². The van der Waals surface area contributed by atoms with Crippen LogP contribution in [0.2, 0.25) is 0 Å². The second kappa shape index (κ2) is 7.49. The third-order valence-corrected chi connectivity index (χ3v) is 5.40. The zero-order chi connectivity index (χ0) is 16.9. The SMILES string of the molecule is O=C(NCCS(=O)Cc1ccccc1)C(F)(F)C1(O)CCCC1. The zero-order valence-corrected chi connectivity index (χ0v) is 13.6. The van der Waals surface area contributed by atoms with Crippen LogP contribution < -0.4 is 5.32 Å². The Kier molecular flexibility index (Phi) is 5.86. The molecule has 7 heteroatoms. The molecule has 1 saturated carbocycles. The lowest BCUT2D eigenvalue weighted by Crippen LogP contribution is -2.56. The second-order valence-electron chi connectivity index (χ2n) is 5.84. The maximum absolute atomic E-state index is 14.0. The van der Waals surface area contributed by atoms with E-state index in [-0.39, 0.29) is 25.1 Å². The van der Waals surface area contributed by atoms with E-state index in [4.69, 9.17) is 0 Å². The maximum atomic E-state index is 14.0. The van der Waals surface area contributed by atoms with Gasteiger partial charge in [-0.05, 0) is 18.4 Å². The second-order valence-corrected chi connectivity index (χ2v) is 7.42. The minimum atomic E-state index is -3.82. The minimum absolute atomic E-state index is 0.0760. The van der Waals surface area contributed by atoms with Crippen LogP contribution in [-0.4, -0.2) is 39.0 Å². The molecule has 0 aliphatic heterocycles. The van der Waals surface area contributed by atoms with E-state index in [0.717, 1.165) is 5.56 Å². The highest BCUT2D eigenvalue weighted by Gasteiger charge is 2.58. The van der Waals surface area contributed by atoms with Crippen LogP contribution in [0.1, 0.15) is 31.2 Å². The van der Waals surface area contributed by atoms with Gasteiger partial charge in [0.2, 0.25) is 0 Å². The molecule has 1 aromatic rings. The number of rotatable bonds is 7. The molecule has 23 heavy (non-hydrogen) atoms. The standard InChI is InChI=1S/C16H21F2NO3S/c17-16(18,15(21)8-4-5-9-15)14(20)19-10-11-23(22)12-13-6-2-1-3-7-13/h1-3,6-7,21H,4-5,8-12H2,(H,19,20). The molecule has 0 aromatic heterocycles. The molecule has 0 heterocycles. The maximum Gasteiger partial charge on any atom is 0.352 e. The lowest BCUT2D eigenvalue weighted by molar-refractivity contribution is -0.190. The van der Waals surface area contributed by atoms with E-state index in [1.807, 2.05) is 30.3 Å². The van der Waals surface area contributed by atoms with Crippen molar-refractivity contribution in [3.63, 3.8) is 0 Å². The van der Waals surface area contributed by atoms with Crippen molar-refractivity contribution in [1.29, 1.82) is 0 Å². The Morgan fingerprint density at radius 1 is 1.26 bits per heavy atom. The van der Waals surface area contributed by atoms with Crippen molar-refractivity contribution in [3.8, 4) is 0 Å². The van der Waals surface area contributed by atoms with Gasteiger partial charge >= 0.3 is 5.92 Å². The molecule has 4 nitrogen and oxygen atoms in total. The normalized spacial score (nSPS) is 18.6. The minimum Gasteiger partial charge on any atom is -0.383 e. The fraction of sp³-hybridized carbons (Fsp3) is 0.562. The summed E-state index contributed by atoms with van der Waals surface area (Å²) in [4.78, 5) is 11.7. The third kappa shape index (κ3) is 4.35. The first kappa shape index (κ1) is 18.0. The molecule has 2 N–H and O–H groups in total. The zero-order valence-electron chi connectivity index (χ0n) is 12.8. The van der Waals surface area contributed by atoms with Gasteiger partial charge in [-0.3, -0.25) is 9.00 Å². The summed E-state index contributed by atoms with van der Waals surface area (Å²) < 4.78 is 40.0. The Balaban J connectivity index is 1.79. The van der Waals surface area contributed by atoms with Crippen LogP contribution in [0.15, 0.2) is 30.3 Å². The molecular weight excluding hydrogens is 324 g/mol. The summed E-state index contributed by atoms with van der Waals surface area (Å²) in [5, 5.41) is 12.0. The molecule has 0 saturated heterocycles. The van der Waals surface area contributed by atoms with Crippen molar-refractivity contribution in [2.45, 2.75) is 43.0 Å². The van der Waals surface area contributed by atoms with Gasteiger partial charge in [0.25, 0.3) is 5.91 Å². The summed E-state index contributed by atoms with van der Waals surface area (Å²) in [6.07, 6.45) is 0.821. The molecule has 128 valence electrons. The average Bonchev–Trinajstić information content (AvgIpc) is 2.96. The quantitative estimate of drug-likeness (QED) is 0.794. The molecule has 2 rings (SSSR count). The summed E-state index contributed by atoms with van der Waals surface area (Å²) in [6.45, 7) is -0.107. The van der Waals surface area contributed by atoms with Crippen LogP contribution in [0, 0.1) is 0 Å². The van der Waals surface area contributed by atoms with Crippen molar-refractivity contribution >= 4 is 16.7 Å². The predicted molar refractivity (Wildman–Crippen MR) is 84.5 cm³/mol. The fourth-order valence-electron chi connectivity index (χ4n) is 2.71. The highest BCUT2D eigenvalue weighted by molar-refractivity contribution is 7.84. The molecule has 0 bridgehead atoms. The average molecular weight is 345 g/mol. The number of amides is 1. The molecule has 0 spiro atoms. The van der Waals surface area contributed by atoms with Gasteiger partial charge in [-0.15, -0.1) is 0 Å². The van der Waals surface area contributed by atoms with E-state index in [0.29, 0.717) is 18.6 Å². The Morgan fingerprint density at radius 2 is 1.87 bits per heavy atom. The molecule has 1 fully saturated rings. The number of nitrogens with one attached hydrogen (secondary N) is 1. The summed E-state index contributed by atoms with van der Waals surface area (Å²) in [5.74, 6) is -4.89. The number of alkyl halides is 2. The van der Waals surface area contributed by atoms with Crippen LogP contribution in [0.25, 0.3) is 0 Å². The Labute approximate surface area is 136 Å². The van der Waals surface area contributed by atoms with Gasteiger partial charge in [0.15, 0.2) is 0 Å². The van der Waals surface area contributed by atoms with Crippen LogP contribution in [0.3, 0.4) is 0 Å². The Bertz CT molecular complexity index is 560. The van der Waals surface area contributed by atoms with E-state index in [2.05, 4.69) is 5.32 Å². The smallest absolute Gasteiger partial charge is 0.352 e. The lowest BCUT2D eigenvalue weighted by atomic mass is 9.93. The summed E-state index contributed by atoms with van der Waals surface area (Å²) in [6, 6.07) is 9.18. The molecule has 1 unspecified atom stereocenters. The van der Waals surface area contributed by atoms with Crippen LogP contribution in [-0.2, 0) is 21.3 Å². The summed E-state index contributed by atoms with van der Waals surface area (Å²) in [7, 11) is -1.25. The van der Waals surface area contributed by atoms with Gasteiger partial charge in [0, 0.05) is 28.9 Å². The number of carbonyl (C=O) groups is 1. The van der Waals surface area contributed by atoms with E-state index < -0.39 is 28.2 Å². The molecule has 1 aliphatic carbocycles. The first-order valence-electron chi connectivity index (χ1n) is 7.62. The number of hydrogen-bond acceptors (Lipinski definition) is 3. The van der Waals surface area contributed by atoms with Crippen LogP contribution in [0.5, 0.6) is 0 Å². The Morgan fingerprint density at radius 3 is 2.48 bits per heavy atom. The molecule has 1 aliphatic rings. The Hall–Kier alpha value is -1.34. The lowest BCUT2D eigenvalue weighted by Gasteiger charge is -2.30. The van der Waals surface area contributed by atoms with Gasteiger partial charge in [0.1, 0.15) is 5.60 Å².